The predicted molar refractivity (Wildman–Crippen MR) is 503 cm³/mol. The minimum atomic E-state index is -1.06. The number of amides is 7. The van der Waals surface area contributed by atoms with Crippen LogP contribution in [0.25, 0.3) is 0 Å². The first-order chi connectivity index (χ1) is 57.1. The van der Waals surface area contributed by atoms with Crippen LogP contribution in [0, 0.1) is 22.7 Å². The Hall–Kier alpha value is -10.2. The van der Waals surface area contributed by atoms with E-state index in [1.807, 2.05) is 97.4 Å². The van der Waals surface area contributed by atoms with Crippen LogP contribution < -0.4 is 58.5 Å². The van der Waals surface area contributed by atoms with Crippen molar-refractivity contribution in [1.82, 2.24) is 31.1 Å². The second-order valence-corrected chi connectivity index (χ2v) is 29.5. The highest BCUT2D eigenvalue weighted by Gasteiger charge is 2.25. The highest BCUT2D eigenvalue weighted by Crippen LogP contribution is 2.23. The van der Waals surface area contributed by atoms with Crippen molar-refractivity contribution in [3.8, 4) is 12.1 Å². The molecule has 0 fully saturated rings. The Morgan fingerprint density at radius 2 is 0.846 bits per heavy atom. The molecule has 0 aliphatic rings. The van der Waals surface area contributed by atoms with E-state index >= 15 is 0 Å². The smallest absolute Gasteiger partial charge is 0.410 e. The van der Waals surface area contributed by atoms with Crippen molar-refractivity contribution in [3.05, 3.63) is 188 Å². The number of hydrogen-bond acceptors (Lipinski definition) is 24. The van der Waals surface area contributed by atoms with E-state index in [0.29, 0.717) is 102 Å². The van der Waals surface area contributed by atoms with Gasteiger partial charge >= 0.3 is 41.9 Å². The van der Waals surface area contributed by atoms with Gasteiger partial charge in [-0.05, 0) is 190 Å². The minimum Gasteiger partial charge on any atom is -0.480 e. The monoisotopic (exact) mass is 1870 g/mol. The number of rotatable bonds is 27. The number of nitrogens with zero attached hydrogens (tertiary/aromatic N) is 6. The summed E-state index contributed by atoms with van der Waals surface area (Å²) < 4.78 is 27.5. The number of alkyl carbamates (subject to hydrolysis) is 3. The van der Waals surface area contributed by atoms with Crippen LogP contribution in [0.1, 0.15) is 74.7 Å². The van der Waals surface area contributed by atoms with E-state index in [1.54, 1.807) is 132 Å². The van der Waals surface area contributed by atoms with Crippen molar-refractivity contribution < 1.29 is 76.7 Å². The maximum absolute atomic E-state index is 12.8. The molecule has 0 heterocycles. The summed E-state index contributed by atoms with van der Waals surface area (Å²) in [6, 6.07) is 47.4. The normalized spacial score (nSPS) is 9.44. The second kappa shape index (κ2) is 76.7. The van der Waals surface area contributed by atoms with Crippen LogP contribution in [-0.4, -0.2) is 229 Å². The van der Waals surface area contributed by atoms with Crippen LogP contribution >= 0.6 is 93.0 Å². The van der Waals surface area contributed by atoms with Crippen LogP contribution in [0.5, 0.6) is 0 Å². The van der Waals surface area contributed by atoms with Gasteiger partial charge in [-0.15, -0.1) is 0 Å². The SMILES string of the molecule is C.C=CC#N.CN(CC(=O)O)C(=O)OC(C)(C)C.CNCC(=O)N(CCCNC(=O)OC)c1cccc(Cl)c1.COC(=O)Cl.COC(=O)NCCCN(C(=O)CN(C)C(=O)OC(C)(C)C)c1cccc(Cl)c1.COC(=O)NCCCNc1cccc(Cl)c1.CSC.N#CCCNc1cccc(Cl)c1.NCCNc1cccc(Cl)c1.Nc1cccc(Cl)c1.[B]. The van der Waals surface area contributed by atoms with Gasteiger partial charge < -0.3 is 102 Å². The van der Waals surface area contributed by atoms with Crippen LogP contribution in [0.2, 0.25) is 30.1 Å². The van der Waals surface area contributed by atoms with Crippen molar-refractivity contribution in [2.45, 2.75) is 85.9 Å². The standard InChI is InChI=1S/C19H28ClN3O5.C14H20ClN3O3.C11H15ClN2O2.C9H9ClN2.C8H11ClN2.C8H15NO4.C6H6ClN.C3H3N.C2H3ClO2.C2H6S.CH4.B/c1-19(2,3)28-18(26)22(4)13-16(24)23(11-7-10-21-17(25)27-5)15-9-6-8-14(20)12-15;1-16-10-13(19)18(8-4-7-17-14(20)21-2)12-6-3-5-11(15)9-12;1-16-11(15)14-7-3-6-13-10-5-2-4-9(12)8-10;10-8-3-1-4-9(7-8)12-6-2-5-11;9-7-2-1-3-8(6-7)11-5-4-10;1-8(2,3)13-7(12)9(4)5-6(10)11;7-5-2-1-3-6(8)4-5;1-2-3-4;1-5-2(3)4;1-3-2;;/h6,8-9,12H,7,10-11,13H2,1-5H3,(H,21,25);3,5-6,9,16H,4,7-8,10H2,1-2H3,(H,17,20);2,4-5,8,13H,3,6-7H2,1H3,(H,14,15);1,3-4,7,12H,2,6H2;1-3,6,11H,4-5,10H2;5H2,1-4H3,(H,10,11);1-4H,8H2;2H,1H2;1H3;1-2H3;1H4;. The number of aliphatic carboxylic acids is 1. The Kier molecular flexibility index (Phi) is 77.1. The third-order valence-electron chi connectivity index (χ3n) is 13.1. The molecule has 12 N–H and O–H groups in total. The highest BCUT2D eigenvalue weighted by atomic mass is 35.5. The van der Waals surface area contributed by atoms with Gasteiger partial charge in [0.1, 0.15) is 24.3 Å². The number of allylic oxidation sites excluding steroid dienone is 1. The summed E-state index contributed by atoms with van der Waals surface area (Å²) in [6.07, 6.45) is 5.06. The summed E-state index contributed by atoms with van der Waals surface area (Å²) in [4.78, 5) is 106. The Labute approximate surface area is 766 Å². The van der Waals surface area contributed by atoms with E-state index in [0.717, 1.165) is 52.2 Å². The van der Waals surface area contributed by atoms with Gasteiger partial charge in [0.15, 0.2) is 0 Å². The molecule has 7 amide bonds. The first-order valence-electron chi connectivity index (χ1n) is 36.6. The average Bonchev–Trinajstić information content (AvgIpc) is 0.847. The molecule has 31 nitrogen and oxygen atoms in total. The summed E-state index contributed by atoms with van der Waals surface area (Å²) in [5.74, 6) is -1.42. The number of carbonyl (C=O) groups excluding carboxylic acids is 8. The lowest BCUT2D eigenvalue weighted by molar-refractivity contribution is -0.138. The Balaban J connectivity index is -0.000000325. The summed E-state index contributed by atoms with van der Waals surface area (Å²) in [6.45, 7) is 18.3. The molecule has 6 aromatic carbocycles. The van der Waals surface area contributed by atoms with E-state index in [9.17, 15) is 43.2 Å². The Bertz CT molecular complexity index is 4040. The summed E-state index contributed by atoms with van der Waals surface area (Å²) in [5.41, 5.74) is 13.7. The van der Waals surface area contributed by atoms with Gasteiger partial charge in [-0.3, -0.25) is 14.4 Å². The van der Waals surface area contributed by atoms with Gasteiger partial charge in [0.25, 0.3) is 0 Å². The number of likely N-dealkylation sites (N-methyl/N-ethyl adjacent to an activating group) is 3. The molecule has 0 atom stereocenters. The molecule has 0 aliphatic carbocycles. The summed E-state index contributed by atoms with van der Waals surface area (Å²) in [5, 5.41) is 48.1. The van der Waals surface area contributed by atoms with E-state index in [-0.39, 0.29) is 47.3 Å². The number of nitrogen functional groups attached to an aromatic ring is 1. The number of benzene rings is 6. The van der Waals surface area contributed by atoms with Crippen molar-refractivity contribution in [3.63, 3.8) is 0 Å². The summed E-state index contributed by atoms with van der Waals surface area (Å²) >= 11 is 41.3. The zero-order valence-electron chi connectivity index (χ0n) is 71.5. The zero-order chi connectivity index (χ0) is 92.7. The number of halogens is 7. The first kappa shape index (κ1) is 124. The largest absolute Gasteiger partial charge is 0.480 e. The van der Waals surface area contributed by atoms with Gasteiger partial charge in [0.05, 0.1) is 53.5 Å². The first-order valence-corrected chi connectivity index (χ1v) is 40.9. The fourth-order valence-electron chi connectivity index (χ4n) is 7.99. The van der Waals surface area contributed by atoms with Crippen molar-refractivity contribution in [1.29, 1.82) is 10.5 Å². The van der Waals surface area contributed by atoms with Crippen LogP contribution in [0.15, 0.2) is 158 Å². The number of methoxy groups -OCH3 is 4. The van der Waals surface area contributed by atoms with Crippen LogP contribution in [-0.2, 0) is 42.8 Å². The molecule has 0 bridgehead atoms. The minimum absolute atomic E-state index is 0. The number of thioether (sulfide) groups is 1. The van der Waals surface area contributed by atoms with Crippen molar-refractivity contribution in [2.24, 2.45) is 5.73 Å². The lowest BCUT2D eigenvalue weighted by atomic mass is 10.2. The maximum atomic E-state index is 12.8. The van der Waals surface area contributed by atoms with Crippen LogP contribution in [0.4, 0.5) is 62.9 Å². The lowest BCUT2D eigenvalue weighted by Crippen LogP contribution is -2.44. The summed E-state index contributed by atoms with van der Waals surface area (Å²) in [7, 11) is 9.75. The van der Waals surface area contributed by atoms with Gasteiger partial charge in [0, 0.05) is 163 Å². The number of anilines is 6. The fraction of sp³-hybridized carbons (Fsp3) is 0.410. The number of carboxylic acids is 1. The van der Waals surface area contributed by atoms with Crippen molar-refractivity contribution >= 4 is 189 Å². The molecule has 0 aliphatic heterocycles. The highest BCUT2D eigenvalue weighted by molar-refractivity contribution is 7.97. The number of carbonyl (C=O) groups is 9. The van der Waals surface area contributed by atoms with E-state index in [4.69, 9.17) is 106 Å². The van der Waals surface area contributed by atoms with Gasteiger partial charge in [0.2, 0.25) is 11.8 Å². The molecule has 681 valence electrons. The maximum Gasteiger partial charge on any atom is 0.410 e. The number of carboxylic acid groups (broad SMARTS) is 1. The Morgan fingerprint density at radius 1 is 0.520 bits per heavy atom. The van der Waals surface area contributed by atoms with Gasteiger partial charge in [-0.25, -0.2) is 28.8 Å². The molecule has 3 radical (unpaired) electrons. The number of nitrogens with two attached hydrogens (primary N) is 2. The molecular weight excluding hydrogens is 1750 g/mol. The third kappa shape index (κ3) is 74.2. The zero-order valence-corrected chi connectivity index (χ0v) is 77.6. The van der Waals surface area contributed by atoms with Crippen LogP contribution in [0.3, 0.4) is 0 Å². The molecule has 6 rings (SSSR count). The lowest BCUT2D eigenvalue weighted by Gasteiger charge is -2.28. The number of ether oxygens (including phenoxy) is 6. The van der Waals surface area contributed by atoms with Gasteiger partial charge in [-0.2, -0.15) is 22.3 Å². The van der Waals surface area contributed by atoms with E-state index in [1.165, 1.54) is 58.4 Å². The third-order valence-corrected chi connectivity index (χ3v) is 14.7. The molecule has 40 heteroatoms. The number of nitrogens with one attached hydrogen (secondary N) is 7. The topological polar surface area (TPSA) is 426 Å². The fourth-order valence-corrected chi connectivity index (χ4v) is 9.13. The molecule has 0 unspecified atom stereocenters. The Morgan fingerprint density at radius 3 is 1.14 bits per heavy atom. The molecule has 123 heavy (non-hydrogen) atoms. The average molecular weight is 1880 g/mol. The van der Waals surface area contributed by atoms with E-state index < -0.39 is 53.1 Å². The molecular formula is C83H120BCl7N15O16S. The molecule has 0 saturated heterocycles. The molecule has 0 aromatic heterocycles. The molecule has 6 aromatic rings. The van der Waals surface area contributed by atoms with Gasteiger partial charge in [-0.1, -0.05) is 120 Å². The second-order valence-electron chi connectivity index (χ2n) is 25.7. The molecule has 0 saturated carbocycles. The number of hydrogen-bond donors (Lipinski definition) is 10. The predicted octanol–water partition coefficient (Wildman–Crippen LogP) is 17.6. The van der Waals surface area contributed by atoms with Crippen molar-refractivity contribution in [2.75, 3.05) is 172 Å². The number of nitriles is 2. The quantitative estimate of drug-likeness (QED) is 0.00572. The molecule has 0 spiro atoms. The van der Waals surface area contributed by atoms with E-state index in [2.05, 4.69) is 80.4 Å².